The minimum atomic E-state index is -0.0438. The monoisotopic (exact) mass is 353 g/mol. The standard InChI is InChI=1S/C20H27N5O/c1-4-23(5-2)10-11-24-14-18(13-21-24)22-20(26)15-25-16(3)12-17-8-6-7-9-19(17)25/h6-9,12-14H,4-5,10-11,15H2,1-3H3,(H,22,26). The molecule has 0 aliphatic carbocycles. The maximum Gasteiger partial charge on any atom is 0.244 e. The molecule has 0 atom stereocenters. The Balaban J connectivity index is 1.61. The number of amides is 1. The van der Waals surface area contributed by atoms with Gasteiger partial charge in [0.1, 0.15) is 6.54 Å². The lowest BCUT2D eigenvalue weighted by atomic mass is 10.2. The number of carbonyl (C=O) groups excluding carboxylic acids is 1. The Hall–Kier alpha value is -2.60. The Kier molecular flexibility index (Phi) is 5.73. The number of carbonyl (C=O) groups is 1. The number of nitrogens with one attached hydrogen (secondary N) is 1. The van der Waals surface area contributed by atoms with Gasteiger partial charge in [-0.1, -0.05) is 32.0 Å². The van der Waals surface area contributed by atoms with Crippen molar-refractivity contribution in [2.75, 3.05) is 25.0 Å². The first-order valence-electron chi connectivity index (χ1n) is 9.20. The van der Waals surface area contributed by atoms with Crippen LogP contribution in [0.4, 0.5) is 5.69 Å². The van der Waals surface area contributed by atoms with Gasteiger partial charge in [-0.3, -0.25) is 9.48 Å². The maximum absolute atomic E-state index is 12.5. The highest BCUT2D eigenvalue weighted by Crippen LogP contribution is 2.19. The highest BCUT2D eigenvalue weighted by molar-refractivity contribution is 5.92. The Labute approximate surface area is 154 Å². The van der Waals surface area contributed by atoms with Crippen LogP contribution in [0.15, 0.2) is 42.7 Å². The third-order valence-electron chi connectivity index (χ3n) is 4.78. The third-order valence-corrected chi connectivity index (χ3v) is 4.78. The first-order chi connectivity index (χ1) is 12.6. The lowest BCUT2D eigenvalue weighted by Gasteiger charge is -2.17. The Bertz CT molecular complexity index is 875. The molecule has 0 saturated heterocycles. The van der Waals surface area contributed by atoms with Crippen LogP contribution in [0, 0.1) is 6.92 Å². The number of likely N-dealkylation sites (N-methyl/N-ethyl adjacent to an activating group) is 1. The van der Waals surface area contributed by atoms with Gasteiger partial charge < -0.3 is 14.8 Å². The van der Waals surface area contributed by atoms with E-state index in [-0.39, 0.29) is 5.91 Å². The van der Waals surface area contributed by atoms with E-state index in [9.17, 15) is 4.79 Å². The zero-order chi connectivity index (χ0) is 18.5. The van der Waals surface area contributed by atoms with E-state index in [4.69, 9.17) is 0 Å². The van der Waals surface area contributed by atoms with Gasteiger partial charge in [0.15, 0.2) is 0 Å². The predicted molar refractivity (Wildman–Crippen MR) is 105 cm³/mol. The van der Waals surface area contributed by atoms with E-state index in [1.807, 2.05) is 40.6 Å². The number of hydrogen-bond acceptors (Lipinski definition) is 3. The molecule has 1 amide bonds. The highest BCUT2D eigenvalue weighted by Gasteiger charge is 2.10. The summed E-state index contributed by atoms with van der Waals surface area (Å²) in [5.74, 6) is -0.0438. The fourth-order valence-electron chi connectivity index (χ4n) is 3.24. The highest BCUT2D eigenvalue weighted by atomic mass is 16.1. The summed E-state index contributed by atoms with van der Waals surface area (Å²) in [7, 11) is 0. The summed E-state index contributed by atoms with van der Waals surface area (Å²) < 4.78 is 3.92. The minimum Gasteiger partial charge on any atom is -0.335 e. The number of aryl methyl sites for hydroxylation is 1. The molecule has 2 aromatic heterocycles. The average Bonchev–Trinajstić information content (AvgIpc) is 3.20. The first-order valence-corrected chi connectivity index (χ1v) is 9.20. The summed E-state index contributed by atoms with van der Waals surface area (Å²) in [5.41, 5.74) is 2.90. The molecule has 1 N–H and O–H groups in total. The maximum atomic E-state index is 12.5. The summed E-state index contributed by atoms with van der Waals surface area (Å²) in [6, 6.07) is 10.2. The molecular formula is C20H27N5O. The van der Waals surface area contributed by atoms with Crippen molar-refractivity contribution in [3.63, 3.8) is 0 Å². The summed E-state index contributed by atoms with van der Waals surface area (Å²) in [6.07, 6.45) is 3.60. The van der Waals surface area contributed by atoms with Crippen molar-refractivity contribution in [1.29, 1.82) is 0 Å². The van der Waals surface area contributed by atoms with Gasteiger partial charge in [0, 0.05) is 24.0 Å². The number of benzene rings is 1. The zero-order valence-electron chi connectivity index (χ0n) is 15.8. The molecule has 0 aliphatic heterocycles. The second-order valence-electron chi connectivity index (χ2n) is 6.50. The second-order valence-corrected chi connectivity index (χ2v) is 6.50. The van der Waals surface area contributed by atoms with Crippen LogP contribution < -0.4 is 5.32 Å². The molecule has 1 aromatic carbocycles. The van der Waals surface area contributed by atoms with Gasteiger partial charge >= 0.3 is 0 Å². The Morgan fingerprint density at radius 1 is 1.23 bits per heavy atom. The van der Waals surface area contributed by atoms with Crippen LogP contribution in [0.3, 0.4) is 0 Å². The summed E-state index contributed by atoms with van der Waals surface area (Å²) in [6.45, 7) is 10.5. The molecular weight excluding hydrogens is 326 g/mol. The SMILES string of the molecule is CCN(CC)CCn1cc(NC(=O)Cn2c(C)cc3ccccc32)cn1. The average molecular weight is 353 g/mol. The first kappa shape index (κ1) is 18.2. The van der Waals surface area contributed by atoms with E-state index in [0.717, 1.165) is 48.5 Å². The molecule has 3 aromatic rings. The number of anilines is 1. The van der Waals surface area contributed by atoms with E-state index in [1.54, 1.807) is 6.20 Å². The van der Waals surface area contributed by atoms with Crippen molar-refractivity contribution in [3.05, 3.63) is 48.4 Å². The van der Waals surface area contributed by atoms with Crippen LogP contribution in [0.5, 0.6) is 0 Å². The Morgan fingerprint density at radius 2 is 2.00 bits per heavy atom. The zero-order valence-corrected chi connectivity index (χ0v) is 15.8. The summed E-state index contributed by atoms with van der Waals surface area (Å²) in [4.78, 5) is 14.8. The molecule has 6 heteroatoms. The van der Waals surface area contributed by atoms with E-state index in [1.165, 1.54) is 0 Å². The number of para-hydroxylation sites is 1. The van der Waals surface area contributed by atoms with Gasteiger partial charge in [0.2, 0.25) is 5.91 Å². The number of nitrogens with zero attached hydrogens (tertiary/aromatic N) is 4. The van der Waals surface area contributed by atoms with Gasteiger partial charge in [-0.2, -0.15) is 5.10 Å². The lowest BCUT2D eigenvalue weighted by molar-refractivity contribution is -0.116. The fourth-order valence-corrected chi connectivity index (χ4v) is 3.24. The van der Waals surface area contributed by atoms with E-state index in [2.05, 4.69) is 41.3 Å². The number of aromatic nitrogens is 3. The fraction of sp³-hybridized carbons (Fsp3) is 0.400. The lowest BCUT2D eigenvalue weighted by Crippen LogP contribution is -2.27. The van der Waals surface area contributed by atoms with Crippen LogP contribution >= 0.6 is 0 Å². The van der Waals surface area contributed by atoms with Crippen LogP contribution in [0.25, 0.3) is 10.9 Å². The Morgan fingerprint density at radius 3 is 2.77 bits per heavy atom. The van der Waals surface area contributed by atoms with Gasteiger partial charge in [-0.15, -0.1) is 0 Å². The summed E-state index contributed by atoms with van der Waals surface area (Å²) >= 11 is 0. The van der Waals surface area contributed by atoms with Crippen molar-refractivity contribution in [3.8, 4) is 0 Å². The van der Waals surface area contributed by atoms with Crippen molar-refractivity contribution >= 4 is 22.5 Å². The molecule has 138 valence electrons. The summed E-state index contributed by atoms with van der Waals surface area (Å²) in [5, 5.41) is 8.45. The van der Waals surface area contributed by atoms with Gasteiger partial charge in [-0.05, 0) is 37.5 Å². The molecule has 26 heavy (non-hydrogen) atoms. The van der Waals surface area contributed by atoms with Crippen LogP contribution in [0.1, 0.15) is 19.5 Å². The van der Waals surface area contributed by atoms with E-state index in [0.29, 0.717) is 6.54 Å². The van der Waals surface area contributed by atoms with E-state index >= 15 is 0 Å². The largest absolute Gasteiger partial charge is 0.335 e. The van der Waals surface area contributed by atoms with Crippen molar-refractivity contribution < 1.29 is 4.79 Å². The van der Waals surface area contributed by atoms with Crippen LogP contribution in [-0.4, -0.2) is 44.8 Å². The van der Waals surface area contributed by atoms with Crippen molar-refractivity contribution in [2.45, 2.75) is 33.9 Å². The quantitative estimate of drug-likeness (QED) is 0.677. The van der Waals surface area contributed by atoms with Gasteiger partial charge in [0.25, 0.3) is 0 Å². The normalized spacial score (nSPS) is 11.4. The molecule has 0 aliphatic rings. The van der Waals surface area contributed by atoms with Crippen molar-refractivity contribution in [1.82, 2.24) is 19.2 Å². The molecule has 0 bridgehead atoms. The smallest absolute Gasteiger partial charge is 0.244 e. The molecule has 0 radical (unpaired) electrons. The number of fused-ring (bicyclic) bond motifs is 1. The molecule has 0 unspecified atom stereocenters. The number of hydrogen-bond donors (Lipinski definition) is 1. The molecule has 2 heterocycles. The topological polar surface area (TPSA) is 55.1 Å². The van der Waals surface area contributed by atoms with Crippen LogP contribution in [0.2, 0.25) is 0 Å². The van der Waals surface area contributed by atoms with Crippen molar-refractivity contribution in [2.24, 2.45) is 0 Å². The van der Waals surface area contributed by atoms with E-state index < -0.39 is 0 Å². The molecule has 3 rings (SSSR count). The number of rotatable bonds is 8. The second kappa shape index (κ2) is 8.19. The van der Waals surface area contributed by atoms with Gasteiger partial charge in [-0.25, -0.2) is 0 Å². The minimum absolute atomic E-state index is 0.0438. The van der Waals surface area contributed by atoms with Crippen LogP contribution in [-0.2, 0) is 17.9 Å². The van der Waals surface area contributed by atoms with Gasteiger partial charge in [0.05, 0.1) is 18.4 Å². The third kappa shape index (κ3) is 4.14. The molecule has 0 spiro atoms. The molecule has 6 nitrogen and oxygen atoms in total. The molecule has 0 saturated carbocycles. The molecule has 0 fully saturated rings. The predicted octanol–water partition coefficient (Wildman–Crippen LogP) is 3.13.